The normalized spacial score (nSPS) is 25.8. The van der Waals surface area contributed by atoms with Crippen LogP contribution in [0, 0.1) is 5.92 Å². The summed E-state index contributed by atoms with van der Waals surface area (Å²) < 4.78 is 63.1. The number of unbranched alkanes of at least 4 members (excludes halogenated alkanes) is 6. The highest BCUT2D eigenvalue weighted by molar-refractivity contribution is 5.80. The zero-order valence-electron chi connectivity index (χ0n) is 37.7. The second-order valence-electron chi connectivity index (χ2n) is 15.5. The third-order valence-electron chi connectivity index (χ3n) is 9.96. The van der Waals surface area contributed by atoms with Crippen LogP contribution < -0.4 is 0 Å². The molecule has 19 heteroatoms. The number of hydrogen-bond acceptors (Lipinski definition) is 19. The predicted octanol–water partition coefficient (Wildman–Crippen LogP) is 4.53. The molecule has 19 nitrogen and oxygen atoms in total. The van der Waals surface area contributed by atoms with E-state index in [9.17, 15) is 38.4 Å². The lowest BCUT2D eigenvalue weighted by atomic mass is 9.91. The smallest absolute Gasteiger partial charge is 0.303 e. The minimum Gasteiger partial charge on any atom is -0.463 e. The zero-order chi connectivity index (χ0) is 46.4. The average Bonchev–Trinajstić information content (AvgIpc) is 3.17. The van der Waals surface area contributed by atoms with Crippen LogP contribution in [0.2, 0.25) is 0 Å². The molecule has 2 aliphatic heterocycles. The van der Waals surface area contributed by atoms with Crippen LogP contribution in [-0.4, -0.2) is 129 Å². The van der Waals surface area contributed by atoms with Crippen LogP contribution in [0.25, 0.3) is 0 Å². The number of ether oxygens (including phenoxy) is 11. The summed E-state index contributed by atoms with van der Waals surface area (Å²) in [6.07, 6.45) is -4.66. The fourth-order valence-corrected chi connectivity index (χ4v) is 7.46. The minimum atomic E-state index is -1.78. The van der Waals surface area contributed by atoms with Gasteiger partial charge in [0.1, 0.15) is 37.3 Å². The molecule has 0 saturated carbocycles. The van der Waals surface area contributed by atoms with Gasteiger partial charge in [0.25, 0.3) is 0 Å². The van der Waals surface area contributed by atoms with Crippen LogP contribution in [-0.2, 0) is 90.5 Å². The Balaban J connectivity index is 2.34. The van der Waals surface area contributed by atoms with E-state index >= 15 is 0 Å². The lowest BCUT2D eigenvalue weighted by molar-refractivity contribution is -0.361. The maximum Gasteiger partial charge on any atom is 0.303 e. The van der Waals surface area contributed by atoms with E-state index in [-0.39, 0.29) is 12.5 Å². The summed E-state index contributed by atoms with van der Waals surface area (Å²) in [5.74, 6) is -5.21. The molecule has 10 unspecified atom stereocenters. The molecule has 2 aliphatic rings. The molecule has 0 bridgehead atoms. The summed E-state index contributed by atoms with van der Waals surface area (Å²) in [6.45, 7) is 10.9. The molecule has 0 amide bonds. The Hall–Kier alpha value is -4.20. The van der Waals surface area contributed by atoms with Crippen LogP contribution in [0.15, 0.2) is 0 Å². The van der Waals surface area contributed by atoms with Crippen molar-refractivity contribution in [2.45, 2.75) is 201 Å². The van der Waals surface area contributed by atoms with E-state index in [0.717, 1.165) is 113 Å². The van der Waals surface area contributed by atoms with Gasteiger partial charge in [-0.3, -0.25) is 38.4 Å². The lowest BCUT2D eigenvalue weighted by Gasteiger charge is -2.48. The van der Waals surface area contributed by atoms with Gasteiger partial charge in [0.05, 0.1) is 0 Å². The Bertz CT molecular complexity index is 1460. The Kier molecular flexibility index (Phi) is 24.8. The van der Waals surface area contributed by atoms with Crippen molar-refractivity contribution in [2.24, 2.45) is 5.92 Å². The standard InChI is InChI=1S/C43H68O19/c1-10-19-32(20-11-2)33(51)21-17-15-13-12-14-16-18-22-52-42-40(58-30(8)49)39(57-29(7)48)37(35(60-42)24-54-26(4)45)62-43-41(59-31(9)50)38(56-28(6)47)36(55-27(5)46)34(61-43)23-53-25(3)44/h32,34-43H,10-24H2,1-9H3. The van der Waals surface area contributed by atoms with Gasteiger partial charge >= 0.3 is 41.8 Å². The molecule has 0 aromatic heterocycles. The van der Waals surface area contributed by atoms with Crippen LogP contribution in [0.3, 0.4) is 0 Å². The van der Waals surface area contributed by atoms with Crippen LogP contribution in [0.1, 0.15) is 139 Å². The van der Waals surface area contributed by atoms with E-state index < -0.39 is 116 Å². The summed E-state index contributed by atoms with van der Waals surface area (Å²) >= 11 is 0. The molecular formula is C43H68O19. The van der Waals surface area contributed by atoms with Gasteiger partial charge in [-0.15, -0.1) is 0 Å². The van der Waals surface area contributed by atoms with E-state index in [1.54, 1.807) is 0 Å². The topological polar surface area (TPSA) is 238 Å². The molecule has 0 N–H and O–H groups in total. The van der Waals surface area contributed by atoms with Crippen LogP contribution in [0.4, 0.5) is 0 Å². The monoisotopic (exact) mass is 888 g/mol. The molecule has 2 fully saturated rings. The number of Topliss-reactive ketones (excluding diaryl/α,β-unsaturated/α-hetero) is 1. The highest BCUT2D eigenvalue weighted by atomic mass is 16.8. The average molecular weight is 889 g/mol. The van der Waals surface area contributed by atoms with E-state index in [1.807, 2.05) is 0 Å². The number of carbonyl (C=O) groups excluding carboxylic acids is 8. The van der Waals surface area contributed by atoms with Gasteiger partial charge in [0.2, 0.25) is 0 Å². The number of carbonyl (C=O) groups is 8. The van der Waals surface area contributed by atoms with Gasteiger partial charge in [-0.2, -0.15) is 0 Å². The van der Waals surface area contributed by atoms with Gasteiger partial charge in [0.15, 0.2) is 43.1 Å². The third kappa shape index (κ3) is 19.5. The van der Waals surface area contributed by atoms with Crippen molar-refractivity contribution in [3.05, 3.63) is 0 Å². The van der Waals surface area contributed by atoms with Crippen LogP contribution >= 0.6 is 0 Å². The van der Waals surface area contributed by atoms with E-state index in [0.29, 0.717) is 18.6 Å². The lowest BCUT2D eigenvalue weighted by Crippen LogP contribution is -2.67. The van der Waals surface area contributed by atoms with Gasteiger partial charge in [0, 0.05) is 67.4 Å². The minimum absolute atomic E-state index is 0.130. The molecule has 2 saturated heterocycles. The third-order valence-corrected chi connectivity index (χ3v) is 9.96. The van der Waals surface area contributed by atoms with Crippen molar-refractivity contribution in [3.8, 4) is 0 Å². The van der Waals surface area contributed by atoms with E-state index in [1.165, 1.54) is 0 Å². The largest absolute Gasteiger partial charge is 0.463 e. The first-order chi connectivity index (χ1) is 29.4. The Labute approximate surface area is 364 Å². The molecular weight excluding hydrogens is 820 g/mol. The molecule has 2 rings (SSSR count). The molecule has 0 aromatic rings. The Morgan fingerprint density at radius 2 is 0.839 bits per heavy atom. The van der Waals surface area contributed by atoms with Gasteiger partial charge in [-0.1, -0.05) is 58.8 Å². The first-order valence-corrected chi connectivity index (χ1v) is 21.6. The van der Waals surface area contributed by atoms with E-state index in [2.05, 4.69) is 13.8 Å². The summed E-state index contributed by atoms with van der Waals surface area (Å²) in [4.78, 5) is 98.9. The predicted molar refractivity (Wildman–Crippen MR) is 214 cm³/mol. The molecule has 354 valence electrons. The summed E-state index contributed by atoms with van der Waals surface area (Å²) in [6, 6.07) is 0. The molecule has 2 heterocycles. The van der Waals surface area contributed by atoms with Crippen LogP contribution in [0.5, 0.6) is 0 Å². The molecule has 0 aliphatic carbocycles. The van der Waals surface area contributed by atoms with Crippen molar-refractivity contribution in [2.75, 3.05) is 19.8 Å². The molecule has 62 heavy (non-hydrogen) atoms. The fourth-order valence-electron chi connectivity index (χ4n) is 7.46. The van der Waals surface area contributed by atoms with Crippen molar-refractivity contribution in [3.63, 3.8) is 0 Å². The second-order valence-corrected chi connectivity index (χ2v) is 15.5. The highest BCUT2D eigenvalue weighted by Gasteiger charge is 2.57. The van der Waals surface area contributed by atoms with Gasteiger partial charge < -0.3 is 52.1 Å². The Morgan fingerprint density at radius 1 is 0.452 bits per heavy atom. The highest BCUT2D eigenvalue weighted by Crippen LogP contribution is 2.36. The van der Waals surface area contributed by atoms with Gasteiger partial charge in [-0.25, -0.2) is 0 Å². The van der Waals surface area contributed by atoms with Crippen molar-refractivity contribution < 1.29 is 90.5 Å². The SMILES string of the molecule is CCCC(CCC)C(=O)CCCCCCCCCOC1OC(COC(C)=O)C(OC2OC(COC(C)=O)C(OC(C)=O)C(OC(C)=O)C2OC(C)=O)C(OC(C)=O)C1OC(C)=O. The maximum absolute atomic E-state index is 12.7. The van der Waals surface area contributed by atoms with Crippen molar-refractivity contribution >= 4 is 47.6 Å². The quantitative estimate of drug-likeness (QED) is 0.0625. The summed E-state index contributed by atoms with van der Waals surface area (Å²) in [5, 5.41) is 0. The first-order valence-electron chi connectivity index (χ1n) is 21.6. The van der Waals surface area contributed by atoms with Gasteiger partial charge in [-0.05, 0) is 25.7 Å². The number of esters is 7. The van der Waals surface area contributed by atoms with E-state index in [4.69, 9.17) is 52.1 Å². The molecule has 0 spiro atoms. The second kappa shape index (κ2) is 28.5. The summed E-state index contributed by atoms with van der Waals surface area (Å²) in [7, 11) is 0. The molecule has 10 atom stereocenters. The fraction of sp³-hybridized carbons (Fsp3) is 0.814. The van der Waals surface area contributed by atoms with Crippen molar-refractivity contribution in [1.29, 1.82) is 0 Å². The zero-order valence-corrected chi connectivity index (χ0v) is 37.7. The number of ketones is 1. The molecule has 0 radical (unpaired) electrons. The van der Waals surface area contributed by atoms with Crippen molar-refractivity contribution in [1.82, 2.24) is 0 Å². The number of rotatable bonds is 27. The molecule has 0 aromatic carbocycles. The number of hydrogen-bond donors (Lipinski definition) is 0. The summed E-state index contributed by atoms with van der Waals surface area (Å²) in [5.41, 5.74) is 0. The first kappa shape index (κ1) is 53.9. The maximum atomic E-state index is 12.7. The Morgan fingerprint density at radius 3 is 1.31 bits per heavy atom.